The molecule has 2 N–H and O–H groups in total. The molecular weight excluding hydrogens is 234 g/mol. The Labute approximate surface area is 115 Å². The number of rotatable bonds is 7. The molecule has 3 heteroatoms. The molecule has 0 radical (unpaired) electrons. The zero-order valence-corrected chi connectivity index (χ0v) is 12.3. The van der Waals surface area contributed by atoms with Gasteiger partial charge in [-0.05, 0) is 43.5 Å². The fraction of sp³-hybridized carbons (Fsp3) is 0.562. The van der Waals surface area contributed by atoms with Crippen LogP contribution in [0.5, 0.6) is 0 Å². The molecule has 0 aliphatic heterocycles. The Morgan fingerprint density at radius 1 is 1.26 bits per heavy atom. The first-order valence-electron chi connectivity index (χ1n) is 7.38. The maximum Gasteiger partial charge on any atom is 0.121 e. The van der Waals surface area contributed by atoms with Gasteiger partial charge in [-0.25, -0.2) is 4.98 Å². The van der Waals surface area contributed by atoms with Crippen molar-refractivity contribution in [1.82, 2.24) is 15.3 Å². The first-order chi connectivity index (χ1) is 9.22. The average Bonchev–Trinajstić information content (AvgIpc) is 2.80. The summed E-state index contributed by atoms with van der Waals surface area (Å²) in [6.07, 6.45) is 3.82. The molecule has 0 saturated heterocycles. The monoisotopic (exact) mass is 259 g/mol. The number of fused-ring (bicyclic) bond motifs is 1. The van der Waals surface area contributed by atoms with E-state index < -0.39 is 0 Å². The molecule has 0 bridgehead atoms. The molecule has 1 aromatic carbocycles. The van der Waals surface area contributed by atoms with Crippen LogP contribution in [0.2, 0.25) is 0 Å². The lowest BCUT2D eigenvalue weighted by Gasteiger charge is -2.11. The standard InChI is InChI=1S/C16H25N3/c1-4-13(5-2)8-9-17-11-16-18-14-7-6-12(3)10-15(14)19-16/h6-7,10,13,17H,4-5,8-9,11H2,1-3H3,(H,18,19). The third kappa shape index (κ3) is 3.80. The molecule has 0 amide bonds. The molecule has 2 rings (SSSR count). The summed E-state index contributed by atoms with van der Waals surface area (Å²) in [6, 6.07) is 6.33. The normalized spacial score (nSPS) is 11.6. The van der Waals surface area contributed by atoms with Crippen molar-refractivity contribution < 1.29 is 0 Å². The van der Waals surface area contributed by atoms with Gasteiger partial charge >= 0.3 is 0 Å². The quantitative estimate of drug-likeness (QED) is 0.743. The SMILES string of the molecule is CCC(CC)CCNCc1nc2ccc(C)cc2[nH]1. The van der Waals surface area contributed by atoms with Crippen LogP contribution < -0.4 is 5.32 Å². The fourth-order valence-corrected chi connectivity index (χ4v) is 2.47. The summed E-state index contributed by atoms with van der Waals surface area (Å²) in [4.78, 5) is 7.97. The van der Waals surface area contributed by atoms with Crippen LogP contribution in [-0.4, -0.2) is 16.5 Å². The van der Waals surface area contributed by atoms with E-state index in [1.54, 1.807) is 0 Å². The van der Waals surface area contributed by atoms with Gasteiger partial charge in [0, 0.05) is 0 Å². The summed E-state index contributed by atoms with van der Waals surface area (Å²) in [7, 11) is 0. The van der Waals surface area contributed by atoms with Crippen LogP contribution in [-0.2, 0) is 6.54 Å². The van der Waals surface area contributed by atoms with E-state index in [0.29, 0.717) is 0 Å². The molecule has 19 heavy (non-hydrogen) atoms. The molecule has 0 unspecified atom stereocenters. The van der Waals surface area contributed by atoms with Gasteiger partial charge in [0.1, 0.15) is 5.82 Å². The molecule has 104 valence electrons. The lowest BCUT2D eigenvalue weighted by Crippen LogP contribution is -2.18. The molecular formula is C16H25N3. The average molecular weight is 259 g/mol. The summed E-state index contributed by atoms with van der Waals surface area (Å²) in [5.74, 6) is 1.89. The summed E-state index contributed by atoms with van der Waals surface area (Å²) in [6.45, 7) is 8.55. The van der Waals surface area contributed by atoms with Crippen LogP contribution in [0.3, 0.4) is 0 Å². The van der Waals surface area contributed by atoms with E-state index in [0.717, 1.165) is 35.9 Å². The largest absolute Gasteiger partial charge is 0.341 e. The highest BCUT2D eigenvalue weighted by Crippen LogP contribution is 2.13. The van der Waals surface area contributed by atoms with Gasteiger partial charge in [0.15, 0.2) is 0 Å². The maximum atomic E-state index is 4.59. The summed E-state index contributed by atoms with van der Waals surface area (Å²) < 4.78 is 0. The van der Waals surface area contributed by atoms with Crippen molar-refractivity contribution >= 4 is 11.0 Å². The Morgan fingerprint density at radius 2 is 2.05 bits per heavy atom. The molecule has 3 nitrogen and oxygen atoms in total. The van der Waals surface area contributed by atoms with Crippen LogP contribution in [0.1, 0.15) is 44.5 Å². The number of aromatic amines is 1. The second kappa shape index (κ2) is 6.71. The third-order valence-electron chi connectivity index (χ3n) is 3.86. The smallest absolute Gasteiger partial charge is 0.121 e. The predicted octanol–water partition coefficient (Wildman–Crippen LogP) is 3.79. The highest BCUT2D eigenvalue weighted by molar-refractivity contribution is 5.75. The van der Waals surface area contributed by atoms with Gasteiger partial charge in [-0.1, -0.05) is 32.8 Å². The lowest BCUT2D eigenvalue weighted by molar-refractivity contribution is 0.437. The molecule has 0 aliphatic rings. The van der Waals surface area contributed by atoms with E-state index >= 15 is 0 Å². The van der Waals surface area contributed by atoms with Crippen molar-refractivity contribution in [1.29, 1.82) is 0 Å². The molecule has 1 aromatic heterocycles. The zero-order valence-electron chi connectivity index (χ0n) is 12.3. The number of hydrogen-bond donors (Lipinski definition) is 2. The number of aryl methyl sites for hydroxylation is 1. The van der Waals surface area contributed by atoms with Gasteiger partial charge in [0.2, 0.25) is 0 Å². The Hall–Kier alpha value is -1.35. The first kappa shape index (κ1) is 14.1. The number of hydrogen-bond acceptors (Lipinski definition) is 2. The van der Waals surface area contributed by atoms with E-state index in [-0.39, 0.29) is 0 Å². The second-order valence-corrected chi connectivity index (χ2v) is 5.35. The number of nitrogens with one attached hydrogen (secondary N) is 2. The van der Waals surface area contributed by atoms with Gasteiger partial charge in [-0.3, -0.25) is 0 Å². The van der Waals surface area contributed by atoms with E-state index in [1.807, 2.05) is 0 Å². The summed E-state index contributed by atoms with van der Waals surface area (Å²) >= 11 is 0. The Balaban J connectivity index is 1.84. The highest BCUT2D eigenvalue weighted by atomic mass is 15.0. The van der Waals surface area contributed by atoms with Crippen LogP contribution in [0.4, 0.5) is 0 Å². The van der Waals surface area contributed by atoms with E-state index in [1.165, 1.54) is 24.8 Å². The molecule has 2 aromatic rings. The van der Waals surface area contributed by atoms with Gasteiger partial charge in [0.05, 0.1) is 17.6 Å². The molecule has 0 aliphatic carbocycles. The van der Waals surface area contributed by atoms with E-state index in [2.05, 4.69) is 54.3 Å². The lowest BCUT2D eigenvalue weighted by atomic mass is 10.00. The minimum Gasteiger partial charge on any atom is -0.341 e. The van der Waals surface area contributed by atoms with Crippen molar-refractivity contribution in [2.24, 2.45) is 5.92 Å². The molecule has 0 spiro atoms. The van der Waals surface area contributed by atoms with E-state index in [9.17, 15) is 0 Å². The zero-order chi connectivity index (χ0) is 13.7. The fourth-order valence-electron chi connectivity index (χ4n) is 2.47. The Morgan fingerprint density at radius 3 is 2.79 bits per heavy atom. The summed E-state index contributed by atoms with van der Waals surface area (Å²) in [5, 5.41) is 3.48. The Bertz CT molecular complexity index is 512. The van der Waals surface area contributed by atoms with Crippen molar-refractivity contribution in [3.8, 4) is 0 Å². The number of benzene rings is 1. The van der Waals surface area contributed by atoms with Crippen molar-refractivity contribution in [2.75, 3.05) is 6.54 Å². The van der Waals surface area contributed by atoms with Crippen molar-refractivity contribution in [2.45, 2.75) is 46.6 Å². The number of imidazole rings is 1. The van der Waals surface area contributed by atoms with Gasteiger partial charge in [-0.2, -0.15) is 0 Å². The van der Waals surface area contributed by atoms with Gasteiger partial charge in [-0.15, -0.1) is 0 Å². The van der Waals surface area contributed by atoms with E-state index in [4.69, 9.17) is 0 Å². The highest BCUT2D eigenvalue weighted by Gasteiger charge is 2.04. The number of nitrogens with zero attached hydrogens (tertiary/aromatic N) is 1. The third-order valence-corrected chi connectivity index (χ3v) is 3.86. The number of H-pyrrole nitrogens is 1. The Kier molecular flexibility index (Phi) is 4.97. The summed E-state index contributed by atoms with van der Waals surface area (Å²) in [5.41, 5.74) is 3.46. The first-order valence-corrected chi connectivity index (χ1v) is 7.38. The topological polar surface area (TPSA) is 40.7 Å². The van der Waals surface area contributed by atoms with Crippen molar-refractivity contribution in [3.63, 3.8) is 0 Å². The molecule has 0 saturated carbocycles. The minimum atomic E-state index is 0.827. The van der Waals surface area contributed by atoms with Crippen LogP contribution in [0.25, 0.3) is 11.0 Å². The number of aromatic nitrogens is 2. The maximum absolute atomic E-state index is 4.59. The van der Waals surface area contributed by atoms with Crippen LogP contribution >= 0.6 is 0 Å². The van der Waals surface area contributed by atoms with Crippen molar-refractivity contribution in [3.05, 3.63) is 29.6 Å². The molecule has 0 atom stereocenters. The molecule has 1 heterocycles. The van der Waals surface area contributed by atoms with Gasteiger partial charge in [0.25, 0.3) is 0 Å². The van der Waals surface area contributed by atoms with Gasteiger partial charge < -0.3 is 10.3 Å². The predicted molar refractivity (Wildman–Crippen MR) is 81.2 cm³/mol. The van der Waals surface area contributed by atoms with Crippen LogP contribution in [0.15, 0.2) is 18.2 Å². The minimum absolute atomic E-state index is 0.827. The molecule has 0 fully saturated rings. The van der Waals surface area contributed by atoms with Crippen LogP contribution in [0, 0.1) is 12.8 Å². The second-order valence-electron chi connectivity index (χ2n) is 5.35.